The number of ether oxygens (including phenoxy) is 2. The van der Waals surface area contributed by atoms with Crippen LogP contribution >= 0.6 is 7.82 Å². The van der Waals surface area contributed by atoms with Gasteiger partial charge in [0.05, 0.1) is 12.9 Å². The summed E-state index contributed by atoms with van der Waals surface area (Å²) in [4.78, 5) is 23.1. The molecule has 0 aromatic heterocycles. The van der Waals surface area contributed by atoms with Gasteiger partial charge in [-0.05, 0) is 25.3 Å². The van der Waals surface area contributed by atoms with Crippen molar-refractivity contribution in [1.82, 2.24) is 0 Å². The average Bonchev–Trinajstić information content (AvgIpc) is 3.22. The molecule has 0 amide bonds. The van der Waals surface area contributed by atoms with Crippen LogP contribution in [0.15, 0.2) is 12.3 Å². The summed E-state index contributed by atoms with van der Waals surface area (Å²) in [6.45, 7) is 3.75. The Morgan fingerprint density at radius 2 is 0.881 bits per heavy atom. The van der Waals surface area contributed by atoms with E-state index in [4.69, 9.17) is 18.5 Å². The maximum atomic E-state index is 12.8. The molecular formula is C46H89O12P. The molecule has 1 rings (SSSR count). The summed E-state index contributed by atoms with van der Waals surface area (Å²) in [5.41, 5.74) is 0. The molecule has 0 aliphatic heterocycles. The molecular weight excluding hydrogens is 775 g/mol. The predicted octanol–water partition coefficient (Wildman–Crippen LogP) is 10.3. The van der Waals surface area contributed by atoms with E-state index in [-0.39, 0.29) is 13.0 Å². The van der Waals surface area contributed by atoms with E-state index in [0.717, 1.165) is 38.5 Å². The minimum Gasteiger partial charge on any atom is -0.498 e. The van der Waals surface area contributed by atoms with Crippen molar-refractivity contribution in [1.29, 1.82) is 0 Å². The van der Waals surface area contributed by atoms with E-state index in [2.05, 4.69) is 13.8 Å². The highest BCUT2D eigenvalue weighted by atomic mass is 31.2. The van der Waals surface area contributed by atoms with Gasteiger partial charge in [-0.25, -0.2) is 4.57 Å². The summed E-state index contributed by atoms with van der Waals surface area (Å²) in [5, 5.41) is 50.2. The topological polar surface area (TPSA) is 192 Å². The number of esters is 1. The Kier molecular flexibility index (Phi) is 35.5. The Bertz CT molecular complexity index is 1030. The first kappa shape index (κ1) is 55.9. The Hall–Kier alpha value is -1.08. The van der Waals surface area contributed by atoms with Gasteiger partial charge in [0.25, 0.3) is 0 Å². The van der Waals surface area contributed by atoms with Crippen LogP contribution in [0, 0.1) is 0 Å². The third-order valence-corrected chi connectivity index (χ3v) is 12.5. The van der Waals surface area contributed by atoms with E-state index in [0.29, 0.717) is 6.42 Å². The maximum Gasteiger partial charge on any atom is 0.472 e. The van der Waals surface area contributed by atoms with Crippen molar-refractivity contribution in [3.05, 3.63) is 12.3 Å². The highest BCUT2D eigenvalue weighted by Crippen LogP contribution is 2.47. The number of aliphatic hydroxyl groups excluding tert-OH is 5. The average molecular weight is 865 g/mol. The molecule has 6 N–H and O–H groups in total. The first-order valence-corrected chi connectivity index (χ1v) is 25.6. The number of hydrogen-bond acceptors (Lipinski definition) is 11. The lowest BCUT2D eigenvalue weighted by atomic mass is 9.85. The second-order valence-corrected chi connectivity index (χ2v) is 18.4. The van der Waals surface area contributed by atoms with E-state index >= 15 is 0 Å². The largest absolute Gasteiger partial charge is 0.498 e. The van der Waals surface area contributed by atoms with Gasteiger partial charge in [0, 0.05) is 6.42 Å². The second kappa shape index (κ2) is 37.5. The summed E-state index contributed by atoms with van der Waals surface area (Å²) in [7, 11) is -5.03. The molecule has 6 unspecified atom stereocenters. The van der Waals surface area contributed by atoms with Crippen molar-refractivity contribution >= 4 is 13.8 Å². The standard InChI is InChI=1S/C46H89O12P/c1-3-5-7-9-11-13-15-17-19-20-21-22-24-26-28-30-32-34-36-55-37-39(38-56-59(53,54)58-46-44(51)42(49)41(48)43(50)45(46)52)57-40(47)35-33-31-29-27-25-23-18-16-14-12-10-8-6-4-2/h34,36,39,41-46,48-52H,3-33,35,37-38H2,1-2H3,(H,53,54)/b36-34-/t39-,41?,42-,43?,44?,45?,46?/m1/s1. The smallest absolute Gasteiger partial charge is 0.472 e. The fourth-order valence-electron chi connectivity index (χ4n) is 7.62. The van der Waals surface area contributed by atoms with Gasteiger partial charge in [0.15, 0.2) is 6.10 Å². The molecule has 350 valence electrons. The summed E-state index contributed by atoms with van der Waals surface area (Å²) in [5.74, 6) is -0.495. The van der Waals surface area contributed by atoms with Gasteiger partial charge in [-0.1, -0.05) is 194 Å². The van der Waals surface area contributed by atoms with Gasteiger partial charge in [-0.2, -0.15) is 0 Å². The number of rotatable bonds is 41. The van der Waals surface area contributed by atoms with Crippen molar-refractivity contribution in [3.8, 4) is 0 Å². The minimum atomic E-state index is -5.03. The number of aliphatic hydroxyl groups is 5. The highest BCUT2D eigenvalue weighted by Gasteiger charge is 2.51. The molecule has 12 nitrogen and oxygen atoms in total. The molecule has 1 aliphatic rings. The third-order valence-electron chi connectivity index (χ3n) is 11.5. The lowest BCUT2D eigenvalue weighted by Gasteiger charge is -2.41. The Morgan fingerprint density at radius 1 is 0.525 bits per heavy atom. The van der Waals surface area contributed by atoms with E-state index in [1.54, 1.807) is 0 Å². The first-order chi connectivity index (χ1) is 28.5. The van der Waals surface area contributed by atoms with Crippen LogP contribution in [0.1, 0.15) is 219 Å². The molecule has 0 bridgehead atoms. The van der Waals surface area contributed by atoms with Gasteiger partial charge in [-0.3, -0.25) is 13.8 Å². The molecule has 0 heterocycles. The minimum absolute atomic E-state index is 0.155. The van der Waals surface area contributed by atoms with Crippen LogP contribution in [0.3, 0.4) is 0 Å². The summed E-state index contributed by atoms with van der Waals surface area (Å²) in [6, 6.07) is 0. The molecule has 0 aromatic carbocycles. The quantitative estimate of drug-likeness (QED) is 0.0148. The number of hydrogen-bond donors (Lipinski definition) is 6. The van der Waals surface area contributed by atoms with Crippen LogP contribution in [-0.4, -0.2) is 92.3 Å². The predicted molar refractivity (Wildman–Crippen MR) is 235 cm³/mol. The summed E-state index contributed by atoms with van der Waals surface area (Å²) in [6.07, 6.45) is 29.3. The monoisotopic (exact) mass is 865 g/mol. The number of unbranched alkanes of at least 4 members (excludes halogenated alkanes) is 29. The van der Waals surface area contributed by atoms with Crippen LogP contribution in [0.4, 0.5) is 0 Å². The van der Waals surface area contributed by atoms with Gasteiger partial charge < -0.3 is 39.9 Å². The second-order valence-electron chi connectivity index (χ2n) is 17.0. The third kappa shape index (κ3) is 29.8. The van der Waals surface area contributed by atoms with Crippen molar-refractivity contribution in [2.24, 2.45) is 0 Å². The molecule has 0 spiro atoms. The Morgan fingerprint density at radius 3 is 1.29 bits per heavy atom. The van der Waals surface area contributed by atoms with Crippen LogP contribution in [0.5, 0.6) is 0 Å². The zero-order valence-electron chi connectivity index (χ0n) is 37.3. The SMILES string of the molecule is CCCCCCCCCCCCCCCCCC/C=C\OC[C@H](COP(=O)(O)OC1C(O)C(O)C(O)[C@@H](O)C1O)OC(=O)CCCCCCCCCCCCCCCC. The van der Waals surface area contributed by atoms with Gasteiger partial charge in [-0.15, -0.1) is 0 Å². The maximum absolute atomic E-state index is 12.8. The van der Waals surface area contributed by atoms with Crippen molar-refractivity contribution in [3.63, 3.8) is 0 Å². The Balaban J connectivity index is 2.39. The van der Waals surface area contributed by atoms with E-state index in [1.165, 1.54) is 160 Å². The molecule has 8 atom stereocenters. The Labute approximate surface area is 358 Å². The molecule has 1 saturated carbocycles. The molecule has 1 fully saturated rings. The molecule has 0 aromatic rings. The number of carbonyl (C=O) groups is 1. The van der Waals surface area contributed by atoms with E-state index in [9.17, 15) is 39.8 Å². The fourth-order valence-corrected chi connectivity index (χ4v) is 8.59. The van der Waals surface area contributed by atoms with E-state index in [1.807, 2.05) is 6.08 Å². The molecule has 1 aliphatic carbocycles. The van der Waals surface area contributed by atoms with Crippen LogP contribution in [-0.2, 0) is 27.9 Å². The molecule has 0 saturated heterocycles. The van der Waals surface area contributed by atoms with Gasteiger partial charge in [0.1, 0.15) is 43.2 Å². The molecule has 0 radical (unpaired) electrons. The van der Waals surface area contributed by atoms with E-state index < -0.39 is 63.1 Å². The number of allylic oxidation sites excluding steroid dienone is 1. The lowest BCUT2D eigenvalue weighted by molar-refractivity contribution is -0.220. The molecule has 13 heteroatoms. The van der Waals surface area contributed by atoms with Crippen molar-refractivity contribution in [2.45, 2.75) is 262 Å². The number of phosphoric acid groups is 1. The lowest BCUT2D eigenvalue weighted by Crippen LogP contribution is -2.64. The summed E-state index contributed by atoms with van der Waals surface area (Å²) >= 11 is 0. The van der Waals surface area contributed by atoms with Crippen LogP contribution < -0.4 is 0 Å². The van der Waals surface area contributed by atoms with Crippen LogP contribution in [0.2, 0.25) is 0 Å². The highest BCUT2D eigenvalue weighted by molar-refractivity contribution is 7.47. The zero-order valence-corrected chi connectivity index (χ0v) is 38.2. The summed E-state index contributed by atoms with van der Waals surface area (Å²) < 4.78 is 34.0. The molecule has 59 heavy (non-hydrogen) atoms. The normalized spacial score (nSPS) is 22.4. The van der Waals surface area contributed by atoms with Crippen LogP contribution in [0.25, 0.3) is 0 Å². The number of carbonyl (C=O) groups excluding carboxylic acids is 1. The van der Waals surface area contributed by atoms with Gasteiger partial charge in [0.2, 0.25) is 0 Å². The van der Waals surface area contributed by atoms with Crippen molar-refractivity contribution in [2.75, 3.05) is 13.2 Å². The number of phosphoric ester groups is 1. The fraction of sp³-hybridized carbons (Fsp3) is 0.935. The van der Waals surface area contributed by atoms with Crippen molar-refractivity contribution < 1.29 is 58.3 Å². The zero-order chi connectivity index (χ0) is 43.4. The van der Waals surface area contributed by atoms with Gasteiger partial charge >= 0.3 is 13.8 Å². The first-order valence-electron chi connectivity index (χ1n) is 24.1.